The first-order valence-corrected chi connectivity index (χ1v) is 10.1. The number of ether oxygens (including phenoxy) is 1. The predicted octanol–water partition coefficient (Wildman–Crippen LogP) is 2.70. The summed E-state index contributed by atoms with van der Waals surface area (Å²) in [7, 11) is 0. The molecule has 8 nitrogen and oxygen atoms in total. The smallest absolute Gasteiger partial charge is 0.329 e. The van der Waals surface area contributed by atoms with Gasteiger partial charge >= 0.3 is 11.8 Å². The van der Waals surface area contributed by atoms with Crippen LogP contribution in [-0.4, -0.2) is 36.6 Å². The summed E-state index contributed by atoms with van der Waals surface area (Å²) in [5.41, 5.74) is 5.37. The second-order valence-electron chi connectivity index (χ2n) is 7.28. The fourth-order valence-electron chi connectivity index (χ4n) is 2.72. The van der Waals surface area contributed by atoms with Gasteiger partial charge in [-0.25, -0.2) is 5.43 Å². The van der Waals surface area contributed by atoms with Crippen molar-refractivity contribution >= 4 is 41.2 Å². The first kappa shape index (κ1) is 22.3. The number of hydrazone groups is 1. The van der Waals surface area contributed by atoms with E-state index < -0.39 is 11.8 Å². The summed E-state index contributed by atoms with van der Waals surface area (Å²) >= 11 is 6.03. The van der Waals surface area contributed by atoms with Crippen LogP contribution in [0, 0.1) is 13.8 Å². The number of aryl methyl sites for hydroxylation is 2. The van der Waals surface area contributed by atoms with Crippen LogP contribution in [0.5, 0.6) is 5.75 Å². The Balaban J connectivity index is 1.57. The third-order valence-corrected chi connectivity index (χ3v) is 4.71. The van der Waals surface area contributed by atoms with Crippen LogP contribution in [-0.2, 0) is 14.4 Å². The predicted molar refractivity (Wildman–Crippen MR) is 118 cm³/mol. The van der Waals surface area contributed by atoms with E-state index in [1.807, 2.05) is 32.0 Å². The summed E-state index contributed by atoms with van der Waals surface area (Å²) in [5, 5.41) is 9.58. The molecule has 0 saturated heterocycles. The minimum atomic E-state index is -0.861. The van der Waals surface area contributed by atoms with Crippen molar-refractivity contribution in [1.29, 1.82) is 0 Å². The van der Waals surface area contributed by atoms with Gasteiger partial charge in [-0.1, -0.05) is 29.3 Å². The lowest BCUT2D eigenvalue weighted by atomic mass is 10.1. The molecule has 0 atom stereocenters. The van der Waals surface area contributed by atoms with E-state index in [1.54, 1.807) is 18.2 Å². The SMILES string of the molecule is Cc1ccc(NC(=O)COc2ccc(Cl)cc2/C=N\NC(=O)C(=O)NC2CC2)c(C)c1. The van der Waals surface area contributed by atoms with Gasteiger partial charge in [-0.05, 0) is 56.5 Å². The van der Waals surface area contributed by atoms with E-state index in [0.29, 0.717) is 22.0 Å². The minimum absolute atomic E-state index is 0.0741. The van der Waals surface area contributed by atoms with Crippen LogP contribution in [0.1, 0.15) is 29.5 Å². The van der Waals surface area contributed by atoms with Gasteiger partial charge in [0.25, 0.3) is 5.91 Å². The third kappa shape index (κ3) is 6.82. The molecule has 162 valence electrons. The van der Waals surface area contributed by atoms with Crippen molar-refractivity contribution in [2.24, 2.45) is 5.10 Å². The molecular weight excluding hydrogens is 420 g/mol. The summed E-state index contributed by atoms with van der Waals surface area (Å²) in [6.07, 6.45) is 3.05. The number of carbonyl (C=O) groups excluding carboxylic acids is 3. The molecule has 3 N–H and O–H groups in total. The number of halogens is 1. The fourth-order valence-corrected chi connectivity index (χ4v) is 2.91. The number of benzene rings is 2. The first-order valence-electron chi connectivity index (χ1n) is 9.75. The van der Waals surface area contributed by atoms with Crippen molar-refractivity contribution < 1.29 is 19.1 Å². The lowest BCUT2D eigenvalue weighted by Crippen LogP contribution is -2.38. The molecule has 1 saturated carbocycles. The highest BCUT2D eigenvalue weighted by molar-refractivity contribution is 6.35. The van der Waals surface area contributed by atoms with Crippen LogP contribution in [0.2, 0.25) is 5.02 Å². The second kappa shape index (κ2) is 10.1. The van der Waals surface area contributed by atoms with E-state index in [-0.39, 0.29) is 18.6 Å². The van der Waals surface area contributed by atoms with Gasteiger partial charge in [0.1, 0.15) is 5.75 Å². The minimum Gasteiger partial charge on any atom is -0.483 e. The van der Waals surface area contributed by atoms with Crippen LogP contribution in [0.15, 0.2) is 41.5 Å². The molecule has 1 aliphatic rings. The zero-order valence-corrected chi connectivity index (χ0v) is 18.0. The Labute approximate surface area is 185 Å². The lowest BCUT2D eigenvalue weighted by Gasteiger charge is -2.11. The number of carbonyl (C=O) groups is 3. The molecular formula is C22H23ClN4O4. The van der Waals surface area contributed by atoms with Crippen molar-refractivity contribution in [3.8, 4) is 5.75 Å². The fraction of sp³-hybridized carbons (Fsp3) is 0.273. The summed E-state index contributed by atoms with van der Waals surface area (Å²) in [4.78, 5) is 35.7. The molecule has 9 heteroatoms. The van der Waals surface area contributed by atoms with E-state index in [0.717, 1.165) is 24.0 Å². The maximum atomic E-state index is 12.3. The van der Waals surface area contributed by atoms with Crippen molar-refractivity contribution in [2.75, 3.05) is 11.9 Å². The Hall–Kier alpha value is -3.39. The van der Waals surface area contributed by atoms with E-state index >= 15 is 0 Å². The largest absolute Gasteiger partial charge is 0.483 e. The Bertz CT molecular complexity index is 1030. The molecule has 3 amide bonds. The van der Waals surface area contributed by atoms with E-state index in [1.165, 1.54) is 6.21 Å². The van der Waals surface area contributed by atoms with Gasteiger partial charge in [-0.15, -0.1) is 0 Å². The van der Waals surface area contributed by atoms with Gasteiger partial charge in [0.15, 0.2) is 6.61 Å². The summed E-state index contributed by atoms with van der Waals surface area (Å²) in [6, 6.07) is 10.6. The van der Waals surface area contributed by atoms with Crippen LogP contribution >= 0.6 is 11.6 Å². The lowest BCUT2D eigenvalue weighted by molar-refractivity contribution is -0.139. The zero-order chi connectivity index (χ0) is 22.4. The number of nitrogens with zero attached hydrogens (tertiary/aromatic N) is 1. The van der Waals surface area contributed by atoms with Crippen LogP contribution in [0.4, 0.5) is 5.69 Å². The normalized spacial score (nSPS) is 13.0. The Morgan fingerprint density at radius 2 is 1.90 bits per heavy atom. The molecule has 0 spiro atoms. The van der Waals surface area contributed by atoms with Gasteiger partial charge in [0, 0.05) is 22.3 Å². The number of anilines is 1. The van der Waals surface area contributed by atoms with Crippen molar-refractivity contribution in [2.45, 2.75) is 32.7 Å². The van der Waals surface area contributed by atoms with Crippen molar-refractivity contribution in [3.05, 3.63) is 58.1 Å². The number of rotatable bonds is 7. The molecule has 0 radical (unpaired) electrons. The van der Waals surface area contributed by atoms with Crippen LogP contribution in [0.3, 0.4) is 0 Å². The highest BCUT2D eigenvalue weighted by Gasteiger charge is 2.26. The first-order chi connectivity index (χ1) is 14.8. The number of amides is 3. The molecule has 0 aliphatic heterocycles. The van der Waals surface area contributed by atoms with Crippen molar-refractivity contribution in [1.82, 2.24) is 10.7 Å². The molecule has 2 aromatic carbocycles. The molecule has 3 rings (SSSR count). The highest BCUT2D eigenvalue weighted by Crippen LogP contribution is 2.22. The van der Waals surface area contributed by atoms with Crippen LogP contribution < -0.4 is 20.8 Å². The number of hydrogen-bond acceptors (Lipinski definition) is 5. The van der Waals surface area contributed by atoms with E-state index in [9.17, 15) is 14.4 Å². The van der Waals surface area contributed by atoms with Gasteiger partial charge < -0.3 is 15.4 Å². The summed E-state index contributed by atoms with van der Waals surface area (Å²) in [6.45, 7) is 3.66. The molecule has 0 unspecified atom stereocenters. The Morgan fingerprint density at radius 1 is 1.13 bits per heavy atom. The van der Waals surface area contributed by atoms with Gasteiger partial charge in [0.2, 0.25) is 0 Å². The molecule has 1 fully saturated rings. The molecule has 0 aromatic heterocycles. The van der Waals surface area contributed by atoms with Crippen molar-refractivity contribution in [3.63, 3.8) is 0 Å². The van der Waals surface area contributed by atoms with Crippen LogP contribution in [0.25, 0.3) is 0 Å². The number of hydrogen-bond donors (Lipinski definition) is 3. The van der Waals surface area contributed by atoms with Gasteiger partial charge in [-0.2, -0.15) is 5.10 Å². The summed E-state index contributed by atoms with van der Waals surface area (Å²) in [5.74, 6) is -1.57. The standard InChI is InChI=1S/C22H23ClN4O4/c1-13-3-7-18(14(2)9-13)26-20(28)12-31-19-8-4-16(23)10-15(19)11-24-27-22(30)21(29)25-17-5-6-17/h3-4,7-11,17H,5-6,12H2,1-2H3,(H,25,29)(H,26,28)(H,27,30)/b24-11-. The maximum absolute atomic E-state index is 12.3. The third-order valence-electron chi connectivity index (χ3n) is 4.48. The molecule has 2 aromatic rings. The molecule has 0 heterocycles. The number of nitrogens with one attached hydrogen (secondary N) is 3. The Morgan fingerprint density at radius 3 is 2.61 bits per heavy atom. The molecule has 0 bridgehead atoms. The van der Waals surface area contributed by atoms with E-state index in [2.05, 4.69) is 21.2 Å². The second-order valence-corrected chi connectivity index (χ2v) is 7.72. The maximum Gasteiger partial charge on any atom is 0.329 e. The monoisotopic (exact) mass is 442 g/mol. The van der Waals surface area contributed by atoms with E-state index in [4.69, 9.17) is 16.3 Å². The van der Waals surface area contributed by atoms with Gasteiger partial charge in [0.05, 0.1) is 6.21 Å². The Kier molecular flexibility index (Phi) is 7.25. The molecule has 1 aliphatic carbocycles. The molecule has 31 heavy (non-hydrogen) atoms. The quantitative estimate of drug-likeness (QED) is 0.348. The highest BCUT2D eigenvalue weighted by atomic mass is 35.5. The average Bonchev–Trinajstić information content (AvgIpc) is 3.53. The average molecular weight is 443 g/mol. The van der Waals surface area contributed by atoms with Gasteiger partial charge in [-0.3, -0.25) is 14.4 Å². The summed E-state index contributed by atoms with van der Waals surface area (Å²) < 4.78 is 5.60. The topological polar surface area (TPSA) is 109 Å². The zero-order valence-electron chi connectivity index (χ0n) is 17.2.